The van der Waals surface area contributed by atoms with Gasteiger partial charge in [-0.1, -0.05) is 6.07 Å². The Kier molecular flexibility index (Phi) is 6.33. The number of para-hydroxylation sites is 1. The van der Waals surface area contributed by atoms with Gasteiger partial charge < -0.3 is 24.2 Å². The predicted molar refractivity (Wildman–Crippen MR) is 93.7 cm³/mol. The Morgan fingerprint density at radius 1 is 1.25 bits per heavy atom. The monoisotopic (exact) mass is 399 g/mol. The molecule has 2 aliphatic heterocycles. The number of benzene rings is 1. The van der Waals surface area contributed by atoms with Crippen LogP contribution in [0.4, 0.5) is 8.78 Å². The second-order valence-electron chi connectivity index (χ2n) is 6.91. The molecule has 0 spiro atoms. The Morgan fingerprint density at radius 3 is 2.57 bits per heavy atom. The summed E-state index contributed by atoms with van der Waals surface area (Å²) in [5.41, 5.74) is 0.0126. The van der Waals surface area contributed by atoms with E-state index in [4.69, 9.17) is 9.47 Å². The number of nitrogens with zero attached hydrogens (tertiary/aromatic N) is 1. The van der Waals surface area contributed by atoms with Crippen LogP contribution in [-0.2, 0) is 9.53 Å². The van der Waals surface area contributed by atoms with Crippen LogP contribution in [0.1, 0.15) is 29.6 Å². The van der Waals surface area contributed by atoms with E-state index in [2.05, 4.69) is 4.74 Å². The fourth-order valence-electron chi connectivity index (χ4n) is 4.00. The van der Waals surface area contributed by atoms with Crippen molar-refractivity contribution in [3.05, 3.63) is 23.8 Å². The minimum absolute atomic E-state index is 0.0126. The highest BCUT2D eigenvalue weighted by Gasteiger charge is 2.41. The highest BCUT2D eigenvalue weighted by Crippen LogP contribution is 2.36. The first-order valence-corrected chi connectivity index (χ1v) is 9.18. The van der Waals surface area contributed by atoms with Gasteiger partial charge >= 0.3 is 12.6 Å². The number of rotatable bonds is 6. The van der Waals surface area contributed by atoms with Gasteiger partial charge in [-0.05, 0) is 37.3 Å². The van der Waals surface area contributed by atoms with Crippen LogP contribution in [0.15, 0.2) is 18.2 Å². The summed E-state index contributed by atoms with van der Waals surface area (Å²) in [6.07, 6.45) is 1.34. The van der Waals surface area contributed by atoms with Crippen molar-refractivity contribution in [1.82, 2.24) is 4.90 Å². The van der Waals surface area contributed by atoms with Crippen molar-refractivity contribution in [2.24, 2.45) is 11.8 Å². The fourth-order valence-corrected chi connectivity index (χ4v) is 4.00. The van der Waals surface area contributed by atoms with Crippen LogP contribution in [0.3, 0.4) is 0 Å². The van der Waals surface area contributed by atoms with Crippen molar-refractivity contribution in [1.29, 1.82) is 0 Å². The molecule has 28 heavy (non-hydrogen) atoms. The van der Waals surface area contributed by atoms with Crippen molar-refractivity contribution in [2.75, 3.05) is 26.8 Å². The van der Waals surface area contributed by atoms with Gasteiger partial charge in [0.2, 0.25) is 0 Å². The lowest BCUT2D eigenvalue weighted by atomic mass is 9.84. The number of aliphatic carboxylic acids is 1. The molecule has 2 saturated heterocycles. The zero-order valence-electron chi connectivity index (χ0n) is 15.5. The minimum Gasteiger partial charge on any atom is -0.493 e. The molecule has 154 valence electrons. The Labute approximate surface area is 161 Å². The first-order chi connectivity index (χ1) is 13.4. The third-order valence-corrected chi connectivity index (χ3v) is 5.38. The molecule has 0 aliphatic carbocycles. The Morgan fingerprint density at radius 2 is 1.96 bits per heavy atom. The van der Waals surface area contributed by atoms with Crippen molar-refractivity contribution >= 4 is 11.9 Å². The molecule has 0 radical (unpaired) electrons. The molecular formula is C19H23F2NO6. The lowest BCUT2D eigenvalue weighted by molar-refractivity contribution is -0.145. The average Bonchev–Trinajstić information content (AvgIpc) is 3.17. The molecule has 2 aliphatic rings. The van der Waals surface area contributed by atoms with E-state index >= 15 is 0 Å². The van der Waals surface area contributed by atoms with Gasteiger partial charge in [0.05, 0.1) is 24.7 Å². The summed E-state index contributed by atoms with van der Waals surface area (Å²) in [7, 11) is 1.31. The number of likely N-dealkylation sites (tertiary alicyclic amines) is 1. The van der Waals surface area contributed by atoms with Gasteiger partial charge in [0.15, 0.2) is 11.5 Å². The number of alkyl halides is 2. The Hall–Kier alpha value is -2.42. The number of carbonyl (C=O) groups is 2. The normalized spacial score (nSPS) is 23.1. The maximum atomic E-state index is 12.9. The smallest absolute Gasteiger partial charge is 0.387 e. The van der Waals surface area contributed by atoms with E-state index in [0.717, 1.165) is 0 Å². The topological polar surface area (TPSA) is 85.3 Å². The maximum absolute atomic E-state index is 12.9. The molecule has 2 fully saturated rings. The summed E-state index contributed by atoms with van der Waals surface area (Å²) in [5, 5.41) is 9.32. The second kappa shape index (κ2) is 8.72. The molecule has 2 heterocycles. The van der Waals surface area contributed by atoms with Gasteiger partial charge in [0, 0.05) is 19.7 Å². The summed E-state index contributed by atoms with van der Waals surface area (Å²) < 4.78 is 40.8. The highest BCUT2D eigenvalue weighted by atomic mass is 19.3. The summed E-state index contributed by atoms with van der Waals surface area (Å²) >= 11 is 0. The molecule has 0 saturated carbocycles. The molecule has 3 rings (SSSR count). The number of carboxylic acid groups (broad SMARTS) is 1. The van der Waals surface area contributed by atoms with E-state index in [1.807, 2.05) is 0 Å². The summed E-state index contributed by atoms with van der Waals surface area (Å²) in [5.74, 6) is -1.96. The molecule has 2 atom stereocenters. The van der Waals surface area contributed by atoms with Gasteiger partial charge in [0.1, 0.15) is 0 Å². The van der Waals surface area contributed by atoms with Crippen molar-refractivity contribution in [3.63, 3.8) is 0 Å². The molecule has 1 N–H and O–H groups in total. The third-order valence-electron chi connectivity index (χ3n) is 5.38. The van der Waals surface area contributed by atoms with Crippen LogP contribution in [0.2, 0.25) is 0 Å². The first-order valence-electron chi connectivity index (χ1n) is 9.18. The zero-order chi connectivity index (χ0) is 20.3. The predicted octanol–water partition coefficient (Wildman–Crippen LogP) is 2.64. The van der Waals surface area contributed by atoms with E-state index in [0.29, 0.717) is 39.0 Å². The number of carboxylic acids is 1. The quantitative estimate of drug-likeness (QED) is 0.792. The molecule has 1 amide bonds. The molecular weight excluding hydrogens is 376 g/mol. The molecule has 1 unspecified atom stereocenters. The molecule has 1 aromatic rings. The van der Waals surface area contributed by atoms with E-state index in [1.165, 1.54) is 19.2 Å². The second-order valence-corrected chi connectivity index (χ2v) is 6.91. The van der Waals surface area contributed by atoms with Gasteiger partial charge in [-0.15, -0.1) is 0 Å². The van der Waals surface area contributed by atoms with Gasteiger partial charge in [-0.3, -0.25) is 9.59 Å². The summed E-state index contributed by atoms with van der Waals surface area (Å²) in [6, 6.07) is 4.42. The van der Waals surface area contributed by atoms with E-state index in [1.54, 1.807) is 11.0 Å². The average molecular weight is 399 g/mol. The van der Waals surface area contributed by atoms with Gasteiger partial charge in [0.25, 0.3) is 5.91 Å². The lowest BCUT2D eigenvalue weighted by Crippen LogP contribution is -2.43. The van der Waals surface area contributed by atoms with Crippen LogP contribution in [-0.4, -0.2) is 61.4 Å². The van der Waals surface area contributed by atoms with Crippen molar-refractivity contribution in [3.8, 4) is 11.5 Å². The number of methoxy groups -OCH3 is 1. The van der Waals surface area contributed by atoms with E-state index in [-0.39, 0.29) is 29.1 Å². The summed E-state index contributed by atoms with van der Waals surface area (Å²) in [4.78, 5) is 25.8. The number of halogens is 2. The van der Waals surface area contributed by atoms with Crippen molar-refractivity contribution < 1.29 is 37.7 Å². The van der Waals surface area contributed by atoms with Gasteiger partial charge in [-0.2, -0.15) is 8.78 Å². The number of ether oxygens (including phenoxy) is 3. The van der Waals surface area contributed by atoms with Crippen LogP contribution in [0.25, 0.3) is 0 Å². The fraction of sp³-hybridized carbons (Fsp3) is 0.579. The minimum atomic E-state index is -3.08. The molecule has 9 heteroatoms. The summed E-state index contributed by atoms with van der Waals surface area (Å²) in [6.45, 7) is -1.87. The number of hydrogen-bond donors (Lipinski definition) is 1. The molecule has 1 aromatic carbocycles. The number of amides is 1. The lowest BCUT2D eigenvalue weighted by Gasteiger charge is -2.35. The number of hydrogen-bond acceptors (Lipinski definition) is 5. The van der Waals surface area contributed by atoms with Gasteiger partial charge in [-0.25, -0.2) is 0 Å². The first kappa shape index (κ1) is 20.3. The maximum Gasteiger partial charge on any atom is 0.387 e. The van der Waals surface area contributed by atoms with E-state index in [9.17, 15) is 23.5 Å². The largest absolute Gasteiger partial charge is 0.493 e. The SMILES string of the molecule is COc1cccc(C(=O)N2CCC([C@@H]3OCCC3C(=O)O)CC2)c1OC(F)F. The number of carbonyl (C=O) groups excluding carboxylic acids is 1. The van der Waals surface area contributed by atoms with E-state index < -0.39 is 24.4 Å². The molecule has 7 nitrogen and oxygen atoms in total. The zero-order valence-corrected chi connectivity index (χ0v) is 15.5. The molecule has 0 aromatic heterocycles. The van der Waals surface area contributed by atoms with Crippen LogP contribution in [0, 0.1) is 11.8 Å². The van der Waals surface area contributed by atoms with Crippen molar-refractivity contribution in [2.45, 2.75) is 32.0 Å². The number of piperidine rings is 1. The van der Waals surface area contributed by atoms with Crippen LogP contribution in [0.5, 0.6) is 11.5 Å². The highest BCUT2D eigenvalue weighted by molar-refractivity contribution is 5.97. The van der Waals surface area contributed by atoms with Crippen LogP contribution < -0.4 is 9.47 Å². The van der Waals surface area contributed by atoms with Crippen LogP contribution >= 0.6 is 0 Å². The third kappa shape index (κ3) is 4.19. The molecule has 0 bridgehead atoms. The Balaban J connectivity index is 1.70. The Bertz CT molecular complexity index is 720. The standard InChI is InChI=1S/C19H23F2NO6/c1-26-14-4-2-3-12(16(14)28-19(20)21)17(23)22-8-5-11(6-9-22)15-13(18(24)25)7-10-27-15/h2-4,11,13,15,19H,5-10H2,1H3,(H,24,25)/t13?,15-/m0/s1.